The van der Waals surface area contributed by atoms with Crippen molar-refractivity contribution < 1.29 is 9.53 Å². The molecule has 4 nitrogen and oxygen atoms in total. The van der Waals surface area contributed by atoms with Gasteiger partial charge in [0.05, 0.1) is 6.61 Å². The minimum absolute atomic E-state index is 0.0413. The predicted molar refractivity (Wildman–Crippen MR) is 73.6 cm³/mol. The maximum atomic E-state index is 12.2. The molecule has 1 saturated heterocycles. The maximum Gasteiger partial charge on any atom is 0.323 e. The molecule has 1 rings (SSSR count). The summed E-state index contributed by atoms with van der Waals surface area (Å²) in [4.78, 5) is 14.5. The fourth-order valence-electron chi connectivity index (χ4n) is 2.73. The van der Waals surface area contributed by atoms with E-state index in [0.717, 1.165) is 45.4 Å². The lowest BCUT2D eigenvalue weighted by molar-refractivity contribution is -0.151. The zero-order valence-electron chi connectivity index (χ0n) is 12.1. The van der Waals surface area contributed by atoms with E-state index in [1.54, 1.807) is 0 Å². The molecule has 106 valence electrons. The van der Waals surface area contributed by atoms with Crippen molar-refractivity contribution in [2.45, 2.75) is 46.1 Å². The molecular formula is C14H28N2O2. The van der Waals surface area contributed by atoms with Crippen molar-refractivity contribution in [1.82, 2.24) is 10.2 Å². The largest absolute Gasteiger partial charge is 0.465 e. The van der Waals surface area contributed by atoms with Gasteiger partial charge in [-0.05, 0) is 32.2 Å². The highest BCUT2D eigenvalue weighted by Gasteiger charge is 2.32. The van der Waals surface area contributed by atoms with Gasteiger partial charge in [0, 0.05) is 19.6 Å². The molecule has 1 fully saturated rings. The number of carbonyl (C=O) groups excluding carboxylic acids is 1. The number of hydrogen-bond acceptors (Lipinski definition) is 4. The molecule has 2 unspecified atom stereocenters. The van der Waals surface area contributed by atoms with Gasteiger partial charge in [-0.1, -0.05) is 20.3 Å². The third kappa shape index (κ3) is 4.58. The SMILES string of the molecule is CCCC(C)C(C(=O)OCC)N1CCCNCC1. The Kier molecular flexibility index (Phi) is 7.28. The van der Waals surface area contributed by atoms with Gasteiger partial charge in [0.1, 0.15) is 6.04 Å². The molecule has 0 bridgehead atoms. The van der Waals surface area contributed by atoms with E-state index in [1.165, 1.54) is 0 Å². The van der Waals surface area contributed by atoms with Gasteiger partial charge in [0.25, 0.3) is 0 Å². The van der Waals surface area contributed by atoms with Gasteiger partial charge in [-0.3, -0.25) is 9.69 Å². The Morgan fingerprint density at radius 3 is 2.78 bits per heavy atom. The molecule has 1 N–H and O–H groups in total. The molecular weight excluding hydrogens is 228 g/mol. The van der Waals surface area contributed by atoms with Gasteiger partial charge >= 0.3 is 5.97 Å². The van der Waals surface area contributed by atoms with E-state index in [-0.39, 0.29) is 12.0 Å². The summed E-state index contributed by atoms with van der Waals surface area (Å²) in [6.45, 7) is 10.6. The van der Waals surface area contributed by atoms with Crippen LogP contribution in [0.25, 0.3) is 0 Å². The van der Waals surface area contributed by atoms with Crippen molar-refractivity contribution in [3.63, 3.8) is 0 Å². The molecule has 2 atom stereocenters. The van der Waals surface area contributed by atoms with Crippen LogP contribution in [-0.2, 0) is 9.53 Å². The van der Waals surface area contributed by atoms with Crippen LogP contribution >= 0.6 is 0 Å². The summed E-state index contributed by atoms with van der Waals surface area (Å²) in [5, 5.41) is 3.38. The first-order chi connectivity index (χ1) is 8.70. The summed E-state index contributed by atoms with van der Waals surface area (Å²) in [5.41, 5.74) is 0. The van der Waals surface area contributed by atoms with Gasteiger partial charge in [-0.25, -0.2) is 0 Å². The Morgan fingerprint density at radius 1 is 1.33 bits per heavy atom. The molecule has 18 heavy (non-hydrogen) atoms. The summed E-state index contributed by atoms with van der Waals surface area (Å²) in [7, 11) is 0. The third-order valence-corrected chi connectivity index (χ3v) is 3.58. The first-order valence-electron chi connectivity index (χ1n) is 7.32. The number of carbonyl (C=O) groups is 1. The van der Waals surface area contributed by atoms with Crippen LogP contribution in [0.5, 0.6) is 0 Å². The molecule has 1 heterocycles. The van der Waals surface area contributed by atoms with Crippen LogP contribution in [0.1, 0.15) is 40.0 Å². The zero-order valence-corrected chi connectivity index (χ0v) is 12.1. The fourth-order valence-corrected chi connectivity index (χ4v) is 2.73. The number of nitrogens with one attached hydrogen (secondary N) is 1. The average molecular weight is 256 g/mol. The monoisotopic (exact) mass is 256 g/mol. The number of ether oxygens (including phenoxy) is 1. The summed E-state index contributed by atoms with van der Waals surface area (Å²) in [6.07, 6.45) is 3.30. The Labute approximate surface area is 111 Å². The molecule has 1 aliphatic heterocycles. The van der Waals surface area contributed by atoms with Gasteiger partial charge in [0.15, 0.2) is 0 Å². The maximum absolute atomic E-state index is 12.2. The lowest BCUT2D eigenvalue weighted by atomic mass is 9.95. The van der Waals surface area contributed by atoms with Crippen molar-refractivity contribution in [2.75, 3.05) is 32.8 Å². The number of nitrogens with zero attached hydrogens (tertiary/aromatic N) is 1. The Balaban J connectivity index is 2.70. The van der Waals surface area contributed by atoms with Crippen molar-refractivity contribution in [3.8, 4) is 0 Å². The highest BCUT2D eigenvalue weighted by molar-refractivity contribution is 5.76. The first-order valence-corrected chi connectivity index (χ1v) is 7.32. The van der Waals surface area contributed by atoms with E-state index in [2.05, 4.69) is 24.1 Å². The van der Waals surface area contributed by atoms with Crippen LogP contribution in [0.2, 0.25) is 0 Å². The average Bonchev–Trinajstić information content (AvgIpc) is 2.59. The number of rotatable bonds is 6. The van der Waals surface area contributed by atoms with Crippen molar-refractivity contribution >= 4 is 5.97 Å². The summed E-state index contributed by atoms with van der Waals surface area (Å²) in [6, 6.07) is -0.0650. The van der Waals surface area contributed by atoms with Gasteiger partial charge in [-0.2, -0.15) is 0 Å². The third-order valence-electron chi connectivity index (χ3n) is 3.58. The number of esters is 1. The summed E-state index contributed by atoms with van der Waals surface area (Å²) < 4.78 is 5.26. The van der Waals surface area contributed by atoms with Crippen LogP contribution in [0, 0.1) is 5.92 Å². The quantitative estimate of drug-likeness (QED) is 0.734. The van der Waals surface area contributed by atoms with Crippen LogP contribution in [0.15, 0.2) is 0 Å². The lowest BCUT2D eigenvalue weighted by Gasteiger charge is -2.32. The molecule has 0 aromatic carbocycles. The van der Waals surface area contributed by atoms with Gasteiger partial charge in [0.2, 0.25) is 0 Å². The molecule has 0 spiro atoms. The normalized spacial score (nSPS) is 21.1. The van der Waals surface area contributed by atoms with E-state index in [0.29, 0.717) is 12.5 Å². The van der Waals surface area contributed by atoms with Gasteiger partial charge in [-0.15, -0.1) is 0 Å². The second kappa shape index (κ2) is 8.48. The molecule has 0 aromatic rings. The Bertz CT molecular complexity index is 238. The van der Waals surface area contributed by atoms with Crippen molar-refractivity contribution in [3.05, 3.63) is 0 Å². The molecule has 0 saturated carbocycles. The molecule has 0 amide bonds. The molecule has 4 heteroatoms. The second-order valence-electron chi connectivity index (χ2n) is 5.10. The highest BCUT2D eigenvalue weighted by atomic mass is 16.5. The van der Waals surface area contributed by atoms with E-state index in [4.69, 9.17) is 4.74 Å². The lowest BCUT2D eigenvalue weighted by Crippen LogP contribution is -2.47. The van der Waals surface area contributed by atoms with Crippen molar-refractivity contribution in [2.24, 2.45) is 5.92 Å². The fraction of sp³-hybridized carbons (Fsp3) is 0.929. The molecule has 0 radical (unpaired) electrons. The number of hydrogen-bond donors (Lipinski definition) is 1. The Hall–Kier alpha value is -0.610. The highest BCUT2D eigenvalue weighted by Crippen LogP contribution is 2.19. The van der Waals surface area contributed by atoms with Crippen LogP contribution < -0.4 is 5.32 Å². The smallest absolute Gasteiger partial charge is 0.323 e. The summed E-state index contributed by atoms with van der Waals surface area (Å²) in [5.74, 6) is 0.326. The summed E-state index contributed by atoms with van der Waals surface area (Å²) >= 11 is 0. The second-order valence-corrected chi connectivity index (χ2v) is 5.10. The van der Waals surface area contributed by atoms with Crippen LogP contribution in [0.4, 0.5) is 0 Å². The van der Waals surface area contributed by atoms with Crippen LogP contribution in [-0.4, -0.2) is 49.7 Å². The topological polar surface area (TPSA) is 41.6 Å². The Morgan fingerprint density at radius 2 is 2.11 bits per heavy atom. The van der Waals surface area contributed by atoms with Gasteiger partial charge < -0.3 is 10.1 Å². The first kappa shape index (κ1) is 15.4. The minimum Gasteiger partial charge on any atom is -0.465 e. The zero-order chi connectivity index (χ0) is 13.4. The van der Waals surface area contributed by atoms with Crippen LogP contribution in [0.3, 0.4) is 0 Å². The predicted octanol–water partition coefficient (Wildman–Crippen LogP) is 1.65. The van der Waals surface area contributed by atoms with E-state index in [1.807, 2.05) is 6.92 Å². The molecule has 0 aromatic heterocycles. The van der Waals surface area contributed by atoms with Crippen molar-refractivity contribution in [1.29, 1.82) is 0 Å². The standard InChI is InChI=1S/C14H28N2O2/c1-4-7-12(3)13(14(17)18-5-2)16-10-6-8-15-9-11-16/h12-13,15H,4-11H2,1-3H3. The van der Waals surface area contributed by atoms with E-state index >= 15 is 0 Å². The molecule has 1 aliphatic rings. The van der Waals surface area contributed by atoms with E-state index < -0.39 is 0 Å². The minimum atomic E-state index is -0.0650. The van der Waals surface area contributed by atoms with E-state index in [9.17, 15) is 4.79 Å². The molecule has 0 aliphatic carbocycles.